The normalized spacial score (nSPS) is 34.9. The van der Waals surface area contributed by atoms with E-state index in [0.29, 0.717) is 18.3 Å². The average Bonchev–Trinajstić information content (AvgIpc) is 2.15. The molecule has 1 aliphatic rings. The molecule has 1 aliphatic carbocycles. The summed E-state index contributed by atoms with van der Waals surface area (Å²) in [5, 5.41) is 0. The zero-order valence-corrected chi connectivity index (χ0v) is 9.53. The molecule has 0 spiro atoms. The lowest BCUT2D eigenvalue weighted by molar-refractivity contribution is -0.138. The van der Waals surface area contributed by atoms with E-state index in [-0.39, 0.29) is 6.10 Å². The van der Waals surface area contributed by atoms with Crippen molar-refractivity contribution in [3.05, 3.63) is 0 Å². The predicted molar refractivity (Wildman–Crippen MR) is 56.9 cm³/mol. The van der Waals surface area contributed by atoms with Gasteiger partial charge in [-0.3, -0.25) is 4.79 Å². The van der Waals surface area contributed by atoms with Gasteiger partial charge in [0.15, 0.2) is 0 Å². The van der Waals surface area contributed by atoms with E-state index in [9.17, 15) is 4.79 Å². The molecule has 1 saturated carbocycles. The van der Waals surface area contributed by atoms with Gasteiger partial charge in [0, 0.05) is 0 Å². The molecule has 1 rings (SSSR count). The van der Waals surface area contributed by atoms with Crippen molar-refractivity contribution >= 4 is 6.47 Å². The van der Waals surface area contributed by atoms with Gasteiger partial charge in [-0.2, -0.15) is 0 Å². The molecular formula is C12H22O2. The Balaban J connectivity index is 2.52. The first-order valence-electron chi connectivity index (χ1n) is 5.78. The standard InChI is InChI=1S/C12H22O2/c1-4-12(14-8-13)11-6-5-9(2)7-10(11)3/h8-12H,4-7H2,1-3H3. The van der Waals surface area contributed by atoms with Crippen molar-refractivity contribution in [2.75, 3.05) is 0 Å². The molecule has 0 aliphatic heterocycles. The van der Waals surface area contributed by atoms with Gasteiger partial charge in [-0.15, -0.1) is 0 Å². The molecule has 2 heteroatoms. The highest BCUT2D eigenvalue weighted by Crippen LogP contribution is 2.36. The predicted octanol–water partition coefficient (Wildman–Crippen LogP) is 3.01. The Hall–Kier alpha value is -0.530. The van der Waals surface area contributed by atoms with Crippen molar-refractivity contribution in [1.82, 2.24) is 0 Å². The van der Waals surface area contributed by atoms with E-state index in [1.165, 1.54) is 19.3 Å². The zero-order valence-electron chi connectivity index (χ0n) is 9.53. The van der Waals surface area contributed by atoms with E-state index in [4.69, 9.17) is 4.74 Å². The van der Waals surface area contributed by atoms with E-state index in [0.717, 1.165) is 12.3 Å². The minimum Gasteiger partial charge on any atom is -0.464 e. The van der Waals surface area contributed by atoms with Gasteiger partial charge in [-0.25, -0.2) is 0 Å². The summed E-state index contributed by atoms with van der Waals surface area (Å²) in [5.74, 6) is 2.13. The maximum atomic E-state index is 10.4. The molecule has 0 amide bonds. The Kier molecular flexibility index (Phi) is 4.43. The van der Waals surface area contributed by atoms with E-state index < -0.39 is 0 Å². The van der Waals surface area contributed by atoms with Crippen molar-refractivity contribution in [2.45, 2.75) is 52.6 Å². The van der Waals surface area contributed by atoms with Crippen molar-refractivity contribution < 1.29 is 9.53 Å². The van der Waals surface area contributed by atoms with Gasteiger partial charge in [0.25, 0.3) is 6.47 Å². The lowest BCUT2D eigenvalue weighted by Gasteiger charge is -2.36. The molecule has 0 radical (unpaired) electrons. The first-order chi connectivity index (χ1) is 6.69. The van der Waals surface area contributed by atoms with Gasteiger partial charge in [-0.1, -0.05) is 27.2 Å². The number of ether oxygens (including phenoxy) is 1. The number of carbonyl (C=O) groups is 1. The maximum absolute atomic E-state index is 10.4. The quantitative estimate of drug-likeness (QED) is 0.649. The minimum absolute atomic E-state index is 0.148. The fourth-order valence-electron chi connectivity index (χ4n) is 2.81. The molecule has 14 heavy (non-hydrogen) atoms. The van der Waals surface area contributed by atoms with Crippen molar-refractivity contribution in [3.63, 3.8) is 0 Å². The van der Waals surface area contributed by atoms with E-state index >= 15 is 0 Å². The second-order valence-corrected chi connectivity index (χ2v) is 4.74. The lowest BCUT2D eigenvalue weighted by atomic mass is 9.73. The Labute approximate surface area is 87.0 Å². The van der Waals surface area contributed by atoms with Crippen LogP contribution >= 0.6 is 0 Å². The third-order valence-corrected chi connectivity index (χ3v) is 3.61. The molecular weight excluding hydrogens is 176 g/mol. The topological polar surface area (TPSA) is 26.3 Å². The molecule has 82 valence electrons. The smallest absolute Gasteiger partial charge is 0.293 e. The van der Waals surface area contributed by atoms with Crippen LogP contribution in [-0.2, 0) is 9.53 Å². The molecule has 0 heterocycles. The van der Waals surface area contributed by atoms with Gasteiger partial charge in [0.2, 0.25) is 0 Å². The van der Waals surface area contributed by atoms with Gasteiger partial charge in [0.05, 0.1) is 0 Å². The Morgan fingerprint density at radius 2 is 2.14 bits per heavy atom. The van der Waals surface area contributed by atoms with Crippen molar-refractivity contribution in [2.24, 2.45) is 17.8 Å². The second kappa shape index (κ2) is 5.38. The van der Waals surface area contributed by atoms with Crippen molar-refractivity contribution in [1.29, 1.82) is 0 Å². The Morgan fingerprint density at radius 3 is 2.64 bits per heavy atom. The van der Waals surface area contributed by atoms with Gasteiger partial charge >= 0.3 is 0 Å². The van der Waals surface area contributed by atoms with Crippen LogP contribution < -0.4 is 0 Å². The summed E-state index contributed by atoms with van der Waals surface area (Å²) in [6.07, 6.45) is 4.88. The molecule has 0 aromatic carbocycles. The molecule has 4 atom stereocenters. The second-order valence-electron chi connectivity index (χ2n) is 4.74. The molecule has 2 nitrogen and oxygen atoms in total. The summed E-state index contributed by atoms with van der Waals surface area (Å²) in [6.45, 7) is 7.31. The monoisotopic (exact) mass is 198 g/mol. The van der Waals surface area contributed by atoms with Crippen LogP contribution in [0.1, 0.15) is 46.5 Å². The van der Waals surface area contributed by atoms with Gasteiger partial charge in [0.1, 0.15) is 6.10 Å². The van der Waals surface area contributed by atoms with Crippen LogP contribution in [0.5, 0.6) is 0 Å². The number of rotatable bonds is 4. The molecule has 0 saturated heterocycles. The fourth-order valence-corrected chi connectivity index (χ4v) is 2.81. The SMILES string of the molecule is CCC(OC=O)C1CCC(C)CC1C. The summed E-state index contributed by atoms with van der Waals surface area (Å²) in [4.78, 5) is 10.4. The van der Waals surface area contributed by atoms with E-state index in [2.05, 4.69) is 20.8 Å². The first-order valence-corrected chi connectivity index (χ1v) is 5.78. The summed E-state index contributed by atoms with van der Waals surface area (Å²) >= 11 is 0. The zero-order chi connectivity index (χ0) is 10.6. The van der Waals surface area contributed by atoms with Crippen LogP contribution in [0, 0.1) is 17.8 Å². The van der Waals surface area contributed by atoms with Crippen LogP contribution in [0.15, 0.2) is 0 Å². The number of hydrogen-bond donors (Lipinski definition) is 0. The third kappa shape index (κ3) is 2.73. The Morgan fingerprint density at radius 1 is 1.43 bits per heavy atom. The van der Waals surface area contributed by atoms with Crippen LogP contribution in [-0.4, -0.2) is 12.6 Å². The molecule has 1 fully saturated rings. The summed E-state index contributed by atoms with van der Waals surface area (Å²) in [6, 6.07) is 0. The fraction of sp³-hybridized carbons (Fsp3) is 0.917. The van der Waals surface area contributed by atoms with Crippen LogP contribution in [0.3, 0.4) is 0 Å². The van der Waals surface area contributed by atoms with E-state index in [1.807, 2.05) is 0 Å². The highest BCUT2D eigenvalue weighted by molar-refractivity contribution is 5.37. The van der Waals surface area contributed by atoms with Gasteiger partial charge < -0.3 is 4.74 Å². The summed E-state index contributed by atoms with van der Waals surface area (Å²) < 4.78 is 5.16. The highest BCUT2D eigenvalue weighted by atomic mass is 16.5. The first kappa shape index (κ1) is 11.5. The van der Waals surface area contributed by atoms with Gasteiger partial charge in [-0.05, 0) is 37.0 Å². The molecule has 0 aromatic rings. The lowest BCUT2D eigenvalue weighted by Crippen LogP contribution is -2.32. The summed E-state index contributed by atoms with van der Waals surface area (Å²) in [7, 11) is 0. The minimum atomic E-state index is 0.148. The third-order valence-electron chi connectivity index (χ3n) is 3.61. The Bertz CT molecular complexity index is 179. The summed E-state index contributed by atoms with van der Waals surface area (Å²) in [5.41, 5.74) is 0. The molecule has 0 aromatic heterocycles. The van der Waals surface area contributed by atoms with Crippen LogP contribution in [0.25, 0.3) is 0 Å². The number of hydrogen-bond acceptors (Lipinski definition) is 2. The van der Waals surface area contributed by atoms with Crippen LogP contribution in [0.2, 0.25) is 0 Å². The largest absolute Gasteiger partial charge is 0.464 e. The van der Waals surface area contributed by atoms with Crippen molar-refractivity contribution in [3.8, 4) is 0 Å². The maximum Gasteiger partial charge on any atom is 0.293 e. The molecule has 0 bridgehead atoms. The molecule has 0 N–H and O–H groups in total. The van der Waals surface area contributed by atoms with Crippen LogP contribution in [0.4, 0.5) is 0 Å². The average molecular weight is 198 g/mol. The highest BCUT2D eigenvalue weighted by Gasteiger charge is 2.31. The number of carbonyl (C=O) groups excluding carboxylic acids is 1. The molecule has 4 unspecified atom stereocenters. The van der Waals surface area contributed by atoms with E-state index in [1.54, 1.807) is 0 Å².